The summed E-state index contributed by atoms with van der Waals surface area (Å²) in [5.41, 5.74) is 1.69. The number of ether oxygens (including phenoxy) is 1. The largest absolute Gasteiger partial charge is 0.483 e. The maximum Gasteiger partial charge on any atom is 0.418 e. The van der Waals surface area contributed by atoms with Crippen molar-refractivity contribution in [3.8, 4) is 5.75 Å². The zero-order valence-corrected chi connectivity index (χ0v) is 20.9. The summed E-state index contributed by atoms with van der Waals surface area (Å²) in [6.45, 7) is 2.10. The highest BCUT2D eigenvalue weighted by Gasteiger charge is 2.33. The van der Waals surface area contributed by atoms with E-state index in [0.717, 1.165) is 21.8 Å². The highest BCUT2D eigenvalue weighted by atomic mass is 32.2. The van der Waals surface area contributed by atoms with Crippen molar-refractivity contribution in [1.82, 2.24) is 20.1 Å². The zero-order chi connectivity index (χ0) is 25.8. The van der Waals surface area contributed by atoms with Crippen molar-refractivity contribution in [3.63, 3.8) is 0 Å². The van der Waals surface area contributed by atoms with E-state index in [1.165, 1.54) is 47.7 Å². The van der Waals surface area contributed by atoms with Crippen LogP contribution in [0.4, 0.5) is 24.0 Å². The minimum absolute atomic E-state index is 0.196. The second-order valence-corrected chi connectivity index (χ2v) is 9.82. The fourth-order valence-corrected chi connectivity index (χ4v) is 5.12. The number of fused-ring (bicyclic) bond motifs is 1. The Hall–Kier alpha value is -3.58. The number of carbonyl (C=O) groups excluding carboxylic acids is 1. The predicted molar refractivity (Wildman–Crippen MR) is 137 cm³/mol. The number of nitrogens with one attached hydrogen (secondary N) is 1. The van der Waals surface area contributed by atoms with Crippen molar-refractivity contribution in [2.24, 2.45) is 0 Å². The Morgan fingerprint density at radius 2 is 1.86 bits per heavy atom. The van der Waals surface area contributed by atoms with Crippen molar-refractivity contribution in [2.45, 2.75) is 11.1 Å². The fraction of sp³-hybridized carbons (Fsp3) is 0.250. The number of para-hydroxylation sites is 1. The summed E-state index contributed by atoms with van der Waals surface area (Å²) in [4.78, 5) is 21.6. The van der Waals surface area contributed by atoms with Gasteiger partial charge in [-0.15, -0.1) is 10.2 Å². The van der Waals surface area contributed by atoms with E-state index in [0.29, 0.717) is 26.2 Å². The van der Waals surface area contributed by atoms with Crippen LogP contribution in [0.3, 0.4) is 0 Å². The fourth-order valence-electron chi connectivity index (χ4n) is 4.00. The first-order valence-corrected chi connectivity index (χ1v) is 13.0. The zero-order valence-electron chi connectivity index (χ0n) is 19.3. The first kappa shape index (κ1) is 25.1. The van der Waals surface area contributed by atoms with E-state index in [1.54, 1.807) is 10.4 Å². The van der Waals surface area contributed by atoms with Gasteiger partial charge in [-0.3, -0.25) is 9.78 Å². The number of amides is 1. The summed E-state index contributed by atoms with van der Waals surface area (Å²) in [5, 5.41) is 8.69. The summed E-state index contributed by atoms with van der Waals surface area (Å²) >= 11 is 2.88. The molecule has 1 amide bonds. The molecule has 0 bridgehead atoms. The van der Waals surface area contributed by atoms with Crippen molar-refractivity contribution in [3.05, 3.63) is 65.8 Å². The molecule has 0 saturated carbocycles. The second-order valence-electron chi connectivity index (χ2n) is 8.11. The molecule has 1 N–H and O–H groups in total. The van der Waals surface area contributed by atoms with E-state index >= 15 is 0 Å². The first-order valence-electron chi connectivity index (χ1n) is 11.3. The second kappa shape index (κ2) is 10.8. The summed E-state index contributed by atoms with van der Waals surface area (Å²) in [7, 11) is 0. The Bertz CT molecular complexity index is 1360. The lowest BCUT2D eigenvalue weighted by atomic mass is 10.1. The number of rotatable bonds is 7. The maximum atomic E-state index is 13.3. The van der Waals surface area contributed by atoms with Crippen LogP contribution in [0.15, 0.2) is 65.1 Å². The van der Waals surface area contributed by atoms with E-state index in [1.807, 2.05) is 24.3 Å². The topological polar surface area (TPSA) is 83.5 Å². The number of piperazine rings is 1. The number of halogens is 3. The third-order valence-corrected chi connectivity index (χ3v) is 7.38. The van der Waals surface area contributed by atoms with Crippen LogP contribution < -0.4 is 14.4 Å². The average Bonchev–Trinajstić information content (AvgIpc) is 3.44. The molecular formula is C24H21F3N6O2S2. The number of benzene rings is 2. The molecule has 1 aliphatic heterocycles. The maximum absolute atomic E-state index is 13.3. The van der Waals surface area contributed by atoms with E-state index in [2.05, 4.69) is 24.8 Å². The van der Waals surface area contributed by atoms with Gasteiger partial charge >= 0.3 is 6.18 Å². The van der Waals surface area contributed by atoms with Gasteiger partial charge in [-0.25, -0.2) is 0 Å². The lowest BCUT2D eigenvalue weighted by Crippen LogP contribution is -2.50. The number of carbonyl (C=O) groups is 1. The van der Waals surface area contributed by atoms with E-state index in [9.17, 15) is 18.0 Å². The molecule has 0 radical (unpaired) electrons. The Morgan fingerprint density at radius 3 is 2.57 bits per heavy atom. The highest BCUT2D eigenvalue weighted by Crippen LogP contribution is 2.36. The molecule has 0 unspecified atom stereocenters. The molecule has 2 aromatic heterocycles. The van der Waals surface area contributed by atoms with Crippen LogP contribution in [-0.4, -0.2) is 58.8 Å². The van der Waals surface area contributed by atoms with Crippen LogP contribution in [0.5, 0.6) is 5.75 Å². The lowest BCUT2D eigenvalue weighted by molar-refractivity contribution is -0.136. The van der Waals surface area contributed by atoms with Gasteiger partial charge in [0.25, 0.3) is 5.91 Å². The molecular weight excluding hydrogens is 525 g/mol. The van der Waals surface area contributed by atoms with Gasteiger partial charge in [-0.05, 0) is 54.4 Å². The molecule has 13 heteroatoms. The summed E-state index contributed by atoms with van der Waals surface area (Å²) in [5.74, 6) is -0.0206. The molecule has 2 aromatic carbocycles. The molecule has 1 saturated heterocycles. The van der Waals surface area contributed by atoms with Crippen LogP contribution in [0.2, 0.25) is 0 Å². The molecule has 0 aliphatic carbocycles. The number of nitrogens with zero attached hydrogens (tertiary/aromatic N) is 5. The molecule has 4 aromatic rings. The van der Waals surface area contributed by atoms with Crippen molar-refractivity contribution in [1.29, 1.82) is 0 Å². The monoisotopic (exact) mass is 546 g/mol. The number of hydrogen-bond acceptors (Lipinski definition) is 9. The Labute approximate surface area is 218 Å². The smallest absolute Gasteiger partial charge is 0.418 e. The SMILES string of the molecule is O=C(COc1ccnc2c(C(F)(F)F)cccc12)N1CCN(c2ccc(SNc3nncs3)cc2)CC1. The third kappa shape index (κ3) is 5.88. The predicted octanol–water partition coefficient (Wildman–Crippen LogP) is 4.95. The minimum Gasteiger partial charge on any atom is -0.483 e. The van der Waals surface area contributed by atoms with Crippen LogP contribution in [-0.2, 0) is 11.0 Å². The van der Waals surface area contributed by atoms with E-state index < -0.39 is 11.7 Å². The molecule has 5 rings (SSSR count). The number of alkyl halides is 3. The van der Waals surface area contributed by atoms with Crippen LogP contribution >= 0.6 is 23.3 Å². The Morgan fingerprint density at radius 1 is 1.08 bits per heavy atom. The van der Waals surface area contributed by atoms with Crippen LogP contribution in [0, 0.1) is 0 Å². The molecule has 37 heavy (non-hydrogen) atoms. The van der Waals surface area contributed by atoms with E-state index in [4.69, 9.17) is 4.74 Å². The quantitative estimate of drug-likeness (QED) is 0.326. The van der Waals surface area contributed by atoms with Crippen molar-refractivity contribution >= 4 is 50.9 Å². The third-order valence-electron chi connectivity index (χ3n) is 5.84. The summed E-state index contributed by atoms with van der Waals surface area (Å²) < 4.78 is 48.7. The van der Waals surface area contributed by atoms with Crippen LogP contribution in [0.1, 0.15) is 5.56 Å². The van der Waals surface area contributed by atoms with E-state index in [-0.39, 0.29) is 29.2 Å². The van der Waals surface area contributed by atoms with Gasteiger partial charge in [-0.2, -0.15) is 13.2 Å². The number of hydrogen-bond donors (Lipinski definition) is 1. The van der Waals surface area contributed by atoms with Gasteiger partial charge in [0.2, 0.25) is 5.13 Å². The van der Waals surface area contributed by atoms with Crippen LogP contribution in [0.25, 0.3) is 10.9 Å². The minimum atomic E-state index is -4.53. The van der Waals surface area contributed by atoms with Gasteiger partial charge in [0.1, 0.15) is 11.3 Å². The molecule has 1 fully saturated rings. The summed E-state index contributed by atoms with van der Waals surface area (Å²) in [6.07, 6.45) is -3.28. The molecule has 192 valence electrons. The number of pyridine rings is 1. The Kier molecular flexibility index (Phi) is 7.33. The molecule has 1 aliphatic rings. The van der Waals surface area contributed by atoms with Gasteiger partial charge in [0.15, 0.2) is 6.61 Å². The number of anilines is 2. The van der Waals surface area contributed by atoms with Crippen molar-refractivity contribution < 1.29 is 22.7 Å². The normalized spacial score (nSPS) is 14.1. The molecule has 8 nitrogen and oxygen atoms in total. The Balaban J connectivity index is 1.14. The van der Waals surface area contributed by atoms with Gasteiger partial charge in [0, 0.05) is 48.3 Å². The molecule has 0 atom stereocenters. The number of aromatic nitrogens is 3. The highest BCUT2D eigenvalue weighted by molar-refractivity contribution is 8.00. The van der Waals surface area contributed by atoms with Gasteiger partial charge in [0.05, 0.1) is 11.1 Å². The lowest BCUT2D eigenvalue weighted by Gasteiger charge is -2.36. The first-order chi connectivity index (χ1) is 17.9. The summed E-state index contributed by atoms with van der Waals surface area (Å²) in [6, 6.07) is 13.4. The van der Waals surface area contributed by atoms with Crippen molar-refractivity contribution in [2.75, 3.05) is 42.4 Å². The molecule has 0 spiro atoms. The average molecular weight is 547 g/mol. The van der Waals surface area contributed by atoms with Gasteiger partial charge < -0.3 is 19.3 Å². The van der Waals surface area contributed by atoms with Gasteiger partial charge in [-0.1, -0.05) is 17.4 Å². The standard InChI is InChI=1S/C24H21F3N6O2S2/c25-24(26,27)19-3-1-2-18-20(8-9-28-22(18)19)35-14-21(34)33-12-10-32(11-13-33)16-4-6-17(7-5-16)37-31-23-30-29-15-36-23/h1-9,15H,10-14H2,(H,30,31). The molecule has 3 heterocycles.